The fourth-order valence-electron chi connectivity index (χ4n) is 6.94. The van der Waals surface area contributed by atoms with Crippen molar-refractivity contribution in [2.24, 2.45) is 0 Å². The first kappa shape index (κ1) is 45.9. The number of rotatable bonds is 35. The number of carbonyl (C=O) groups is 1. The zero-order valence-electron chi connectivity index (χ0n) is 33.4. The molecule has 0 aliphatic carbocycles. The van der Waals surface area contributed by atoms with Crippen molar-refractivity contribution in [2.45, 2.75) is 206 Å². The minimum atomic E-state index is -0.0577. The van der Waals surface area contributed by atoms with Crippen LogP contribution in [0.3, 0.4) is 0 Å². The molecule has 0 bridgehead atoms. The van der Waals surface area contributed by atoms with Gasteiger partial charge in [-0.2, -0.15) is 0 Å². The van der Waals surface area contributed by atoms with Crippen LogP contribution in [0.2, 0.25) is 0 Å². The van der Waals surface area contributed by atoms with Crippen LogP contribution in [0.5, 0.6) is 0 Å². The highest BCUT2D eigenvalue weighted by atomic mass is 16.5. The van der Waals surface area contributed by atoms with Crippen LogP contribution in [0.15, 0.2) is 24.3 Å². The Hall–Kier alpha value is -1.17. The average Bonchev–Trinajstić information content (AvgIpc) is 3.08. The number of morpholine rings is 1. The molecule has 1 aliphatic heterocycles. The second-order valence-electron chi connectivity index (χ2n) is 15.3. The van der Waals surface area contributed by atoms with E-state index in [0.717, 1.165) is 45.4 Å². The first-order chi connectivity index (χ1) is 24.0. The first-order valence-corrected chi connectivity index (χ1v) is 21.5. The van der Waals surface area contributed by atoms with Gasteiger partial charge in [0, 0.05) is 26.1 Å². The van der Waals surface area contributed by atoms with Crippen molar-refractivity contribution < 1.29 is 14.3 Å². The molecule has 0 spiro atoms. The van der Waals surface area contributed by atoms with Gasteiger partial charge in [0.15, 0.2) is 0 Å². The summed E-state index contributed by atoms with van der Waals surface area (Å²) in [7, 11) is 4.09. The maximum atomic E-state index is 12.2. The monoisotopic (exact) mass is 689 g/mol. The first-order valence-electron chi connectivity index (χ1n) is 21.5. The van der Waals surface area contributed by atoms with Crippen molar-refractivity contribution in [2.75, 3.05) is 46.9 Å². The molecular formula is C44H84N2O3. The van der Waals surface area contributed by atoms with E-state index in [4.69, 9.17) is 9.47 Å². The number of nitrogens with zero attached hydrogens (tertiary/aromatic N) is 2. The van der Waals surface area contributed by atoms with Crippen molar-refractivity contribution in [3.05, 3.63) is 24.3 Å². The Labute approximate surface area is 306 Å². The lowest BCUT2D eigenvalue weighted by atomic mass is 10.0. The third-order valence-electron chi connectivity index (χ3n) is 10.0. The SMILES string of the molecule is CCCCCCCC/C=C\CCCCCCC1CN(CCOC(=O)CCCN(C)C)CC(CCCCCC/C=C\CCCCCCCC)O1. The molecule has 1 fully saturated rings. The molecule has 0 amide bonds. The predicted octanol–water partition coefficient (Wildman–Crippen LogP) is 12.2. The van der Waals surface area contributed by atoms with Crippen LogP contribution in [0.25, 0.3) is 0 Å². The van der Waals surface area contributed by atoms with E-state index in [0.29, 0.717) is 25.2 Å². The molecule has 0 aromatic heterocycles. The molecule has 0 radical (unpaired) electrons. The highest BCUT2D eigenvalue weighted by Crippen LogP contribution is 2.21. The molecule has 0 N–H and O–H groups in total. The van der Waals surface area contributed by atoms with Gasteiger partial charge in [-0.05, 0) is 91.3 Å². The van der Waals surface area contributed by atoms with Gasteiger partial charge in [0.05, 0.1) is 12.2 Å². The summed E-state index contributed by atoms with van der Waals surface area (Å²) >= 11 is 0. The second kappa shape index (κ2) is 35.2. The Morgan fingerprint density at radius 1 is 0.612 bits per heavy atom. The van der Waals surface area contributed by atoms with E-state index in [1.54, 1.807) is 0 Å². The highest BCUT2D eigenvalue weighted by Gasteiger charge is 2.27. The van der Waals surface area contributed by atoms with E-state index >= 15 is 0 Å². The minimum Gasteiger partial charge on any atom is -0.464 e. The molecule has 49 heavy (non-hydrogen) atoms. The number of hydrogen-bond donors (Lipinski definition) is 0. The molecule has 1 aliphatic rings. The molecule has 0 aromatic carbocycles. The normalized spacial score (nSPS) is 17.2. The van der Waals surface area contributed by atoms with Gasteiger partial charge >= 0.3 is 5.97 Å². The van der Waals surface area contributed by atoms with Crippen molar-refractivity contribution >= 4 is 5.97 Å². The summed E-state index contributed by atoms with van der Waals surface area (Å²) < 4.78 is 12.3. The predicted molar refractivity (Wildman–Crippen MR) is 214 cm³/mol. The molecule has 2 unspecified atom stereocenters. The Morgan fingerprint density at radius 2 is 1.02 bits per heavy atom. The smallest absolute Gasteiger partial charge is 0.305 e. The lowest BCUT2D eigenvalue weighted by molar-refractivity contribution is -0.145. The van der Waals surface area contributed by atoms with E-state index in [1.807, 2.05) is 14.1 Å². The summed E-state index contributed by atoms with van der Waals surface area (Å²) in [5.74, 6) is -0.0577. The second-order valence-corrected chi connectivity index (χ2v) is 15.3. The number of ether oxygens (including phenoxy) is 2. The summed E-state index contributed by atoms with van der Waals surface area (Å²) in [5.41, 5.74) is 0. The van der Waals surface area contributed by atoms with Crippen molar-refractivity contribution in [1.29, 1.82) is 0 Å². The van der Waals surface area contributed by atoms with Crippen LogP contribution in [0.1, 0.15) is 194 Å². The van der Waals surface area contributed by atoms with E-state index in [9.17, 15) is 4.79 Å². The van der Waals surface area contributed by atoms with Crippen LogP contribution < -0.4 is 0 Å². The zero-order valence-corrected chi connectivity index (χ0v) is 33.4. The number of hydrogen-bond acceptors (Lipinski definition) is 5. The Balaban J connectivity index is 2.28. The summed E-state index contributed by atoms with van der Waals surface area (Å²) in [6, 6.07) is 0. The standard InChI is InChI=1S/C44H84N2O3/c1-5-7-9-11-13-15-17-19-21-23-25-27-29-31-34-42-40-46(38-39-48-44(47)36-33-37-45(3)4)41-43(49-42)35-32-30-28-26-24-22-20-18-16-14-12-10-8-6-2/h19-22,42-43H,5-18,23-41H2,1-4H3/b21-19-,22-20-. The van der Waals surface area contributed by atoms with Crippen molar-refractivity contribution in [1.82, 2.24) is 9.80 Å². The van der Waals surface area contributed by atoms with E-state index in [-0.39, 0.29) is 5.97 Å². The topological polar surface area (TPSA) is 42.0 Å². The number of carbonyl (C=O) groups excluding carboxylic acids is 1. The lowest BCUT2D eigenvalue weighted by Gasteiger charge is -2.38. The Morgan fingerprint density at radius 3 is 1.45 bits per heavy atom. The molecule has 5 nitrogen and oxygen atoms in total. The summed E-state index contributed by atoms with van der Waals surface area (Å²) in [4.78, 5) is 16.8. The molecule has 5 heteroatoms. The highest BCUT2D eigenvalue weighted by molar-refractivity contribution is 5.69. The fraction of sp³-hybridized carbons (Fsp3) is 0.886. The van der Waals surface area contributed by atoms with Gasteiger partial charge in [-0.1, -0.05) is 141 Å². The van der Waals surface area contributed by atoms with Crippen molar-refractivity contribution in [3.63, 3.8) is 0 Å². The third kappa shape index (κ3) is 31.3. The molecule has 0 aromatic rings. The molecule has 1 rings (SSSR count). The maximum Gasteiger partial charge on any atom is 0.305 e. The number of esters is 1. The molecule has 2 atom stereocenters. The van der Waals surface area contributed by atoms with Crippen LogP contribution >= 0.6 is 0 Å². The zero-order chi connectivity index (χ0) is 35.5. The number of unbranched alkanes of at least 4 members (excludes halogenated alkanes) is 20. The van der Waals surface area contributed by atoms with E-state index in [1.165, 1.54) is 154 Å². The number of allylic oxidation sites excluding steroid dienone is 4. The van der Waals surface area contributed by atoms with Crippen molar-refractivity contribution in [3.8, 4) is 0 Å². The van der Waals surface area contributed by atoms with Gasteiger partial charge in [0.25, 0.3) is 0 Å². The van der Waals surface area contributed by atoms with Crippen LogP contribution in [0.4, 0.5) is 0 Å². The Bertz CT molecular complexity index is 721. The molecule has 1 saturated heterocycles. The van der Waals surface area contributed by atoms with Gasteiger partial charge in [0.2, 0.25) is 0 Å². The fourth-order valence-corrected chi connectivity index (χ4v) is 6.94. The summed E-state index contributed by atoms with van der Waals surface area (Å²) in [5, 5.41) is 0. The Kier molecular flexibility index (Phi) is 33.0. The molecule has 1 heterocycles. The van der Waals surface area contributed by atoms with E-state index < -0.39 is 0 Å². The quantitative estimate of drug-likeness (QED) is 0.0377. The van der Waals surface area contributed by atoms with E-state index in [2.05, 4.69) is 48.0 Å². The maximum absolute atomic E-state index is 12.2. The van der Waals surface area contributed by atoms with Gasteiger partial charge in [-0.3, -0.25) is 9.69 Å². The largest absolute Gasteiger partial charge is 0.464 e. The van der Waals surface area contributed by atoms with Gasteiger partial charge < -0.3 is 14.4 Å². The van der Waals surface area contributed by atoms with Gasteiger partial charge in [-0.25, -0.2) is 0 Å². The van der Waals surface area contributed by atoms with Gasteiger partial charge in [-0.15, -0.1) is 0 Å². The molecule has 288 valence electrons. The third-order valence-corrected chi connectivity index (χ3v) is 10.0. The molecule has 0 saturated carbocycles. The molecular weight excluding hydrogens is 604 g/mol. The van der Waals surface area contributed by atoms with Gasteiger partial charge in [0.1, 0.15) is 6.61 Å². The average molecular weight is 689 g/mol. The summed E-state index contributed by atoms with van der Waals surface area (Å²) in [6.45, 7) is 8.77. The van der Waals surface area contributed by atoms with Crippen LogP contribution in [-0.2, 0) is 14.3 Å². The van der Waals surface area contributed by atoms with Crippen LogP contribution in [0, 0.1) is 0 Å². The summed E-state index contributed by atoms with van der Waals surface area (Å²) in [6.07, 6.45) is 45.9. The minimum absolute atomic E-state index is 0.0577. The lowest BCUT2D eigenvalue weighted by Crippen LogP contribution is -2.48. The van der Waals surface area contributed by atoms with Crippen LogP contribution in [-0.4, -0.2) is 74.9 Å².